The molecule has 230 valence electrons. The molecule has 13 heteroatoms. The largest absolute Gasteiger partial charge is 0.487 e. The lowest BCUT2D eigenvalue weighted by atomic mass is 10.2. The number of H-pyrrole nitrogens is 1. The number of aliphatic hydroxyl groups is 1. The van der Waals surface area contributed by atoms with Gasteiger partial charge in [0.05, 0.1) is 18.6 Å². The molecular weight excluding hydrogens is 544 g/mol. The summed E-state index contributed by atoms with van der Waals surface area (Å²) in [6, 6.07) is 5.17. The number of esters is 1. The van der Waals surface area contributed by atoms with Crippen molar-refractivity contribution in [3.63, 3.8) is 0 Å². The highest BCUT2D eigenvalue weighted by molar-refractivity contribution is 5.92. The fraction of sp³-hybridized carbons (Fsp3) is 0.517. The molecule has 0 aliphatic carbocycles. The highest BCUT2D eigenvalue weighted by Gasteiger charge is 2.20. The Bertz CT molecular complexity index is 1320. The monoisotopic (exact) mass is 586 g/mol. The van der Waals surface area contributed by atoms with E-state index in [-0.39, 0.29) is 32.5 Å². The van der Waals surface area contributed by atoms with E-state index >= 15 is 0 Å². The number of fused-ring (bicyclic) bond motifs is 1. The number of ether oxygens (including phenoxy) is 4. The van der Waals surface area contributed by atoms with Crippen molar-refractivity contribution >= 4 is 34.6 Å². The third-order valence-electron chi connectivity index (χ3n) is 5.94. The lowest BCUT2D eigenvalue weighted by molar-refractivity contribution is -0.145. The van der Waals surface area contributed by atoms with Crippen LogP contribution in [0.4, 0.5) is 16.3 Å². The Morgan fingerprint density at radius 1 is 1.10 bits per heavy atom. The number of carbonyl (C=O) groups excluding carboxylic acids is 2. The van der Waals surface area contributed by atoms with Crippen molar-refractivity contribution < 1.29 is 33.6 Å². The van der Waals surface area contributed by atoms with Gasteiger partial charge in [0.15, 0.2) is 18.1 Å². The van der Waals surface area contributed by atoms with Crippen LogP contribution >= 0.6 is 0 Å². The zero-order chi connectivity index (χ0) is 30.7. The fourth-order valence-electron chi connectivity index (χ4n) is 4.07. The number of hydrogen-bond acceptors (Lipinski definition) is 11. The minimum Gasteiger partial charge on any atom is -0.487 e. The summed E-state index contributed by atoms with van der Waals surface area (Å²) in [7, 11) is 3.75. The molecule has 1 amide bonds. The maximum absolute atomic E-state index is 12.2. The number of aliphatic hydroxyl groups excluding tert-OH is 1. The normalized spacial score (nSPS) is 11.4. The summed E-state index contributed by atoms with van der Waals surface area (Å²) in [4.78, 5) is 39.9. The first kappa shape index (κ1) is 32.4. The molecule has 2 aromatic heterocycles. The first-order valence-corrected chi connectivity index (χ1v) is 13.9. The predicted octanol–water partition coefficient (Wildman–Crippen LogP) is 3.70. The molecule has 1 aromatic carbocycles. The van der Waals surface area contributed by atoms with Crippen molar-refractivity contribution in [3.05, 3.63) is 36.3 Å². The number of aromatic amines is 1. The number of carbonyl (C=O) groups is 2. The van der Waals surface area contributed by atoms with Crippen LogP contribution in [0.15, 0.2) is 30.7 Å². The van der Waals surface area contributed by atoms with Crippen LogP contribution < -0.4 is 14.8 Å². The van der Waals surface area contributed by atoms with Crippen LogP contribution in [-0.4, -0.2) is 101 Å². The van der Waals surface area contributed by atoms with Crippen LogP contribution in [0.3, 0.4) is 0 Å². The molecule has 0 radical (unpaired) electrons. The Kier molecular flexibility index (Phi) is 11.7. The Morgan fingerprint density at radius 2 is 1.88 bits per heavy atom. The van der Waals surface area contributed by atoms with Gasteiger partial charge >= 0.3 is 12.1 Å². The second-order valence-electron chi connectivity index (χ2n) is 10.7. The summed E-state index contributed by atoms with van der Waals surface area (Å²) < 4.78 is 21.6. The zero-order valence-electron chi connectivity index (χ0n) is 25.2. The van der Waals surface area contributed by atoms with Gasteiger partial charge in [-0.1, -0.05) is 0 Å². The number of benzene rings is 1. The average Bonchev–Trinajstić information content (AvgIpc) is 3.34. The lowest BCUT2D eigenvalue weighted by Gasteiger charge is -2.25. The minimum absolute atomic E-state index is 0.0760. The van der Waals surface area contributed by atoms with E-state index in [1.54, 1.807) is 37.1 Å². The van der Waals surface area contributed by atoms with Crippen molar-refractivity contribution in [1.82, 2.24) is 24.8 Å². The summed E-state index contributed by atoms with van der Waals surface area (Å²) in [5.74, 6) is 0.791. The first-order chi connectivity index (χ1) is 20.0. The van der Waals surface area contributed by atoms with E-state index in [1.165, 1.54) is 6.33 Å². The molecule has 0 atom stereocenters. The molecule has 0 fully saturated rings. The minimum atomic E-state index is -0.530. The van der Waals surface area contributed by atoms with Crippen molar-refractivity contribution in [2.75, 3.05) is 58.9 Å². The van der Waals surface area contributed by atoms with E-state index < -0.39 is 11.6 Å². The molecule has 0 saturated heterocycles. The van der Waals surface area contributed by atoms with Crippen molar-refractivity contribution in [3.8, 4) is 11.5 Å². The summed E-state index contributed by atoms with van der Waals surface area (Å²) in [5.41, 5.74) is 1.80. The third-order valence-corrected chi connectivity index (χ3v) is 5.94. The Hall–Kier alpha value is -4.10. The molecule has 2 heterocycles. The topological polar surface area (TPSA) is 151 Å². The van der Waals surface area contributed by atoms with Gasteiger partial charge < -0.3 is 44.2 Å². The number of rotatable bonds is 15. The van der Waals surface area contributed by atoms with Crippen LogP contribution in [-0.2, 0) is 20.8 Å². The van der Waals surface area contributed by atoms with Gasteiger partial charge in [-0.15, -0.1) is 0 Å². The molecular formula is C29H42N6O7. The van der Waals surface area contributed by atoms with Crippen LogP contribution in [0.5, 0.6) is 11.5 Å². The van der Waals surface area contributed by atoms with Gasteiger partial charge in [0.1, 0.15) is 30.0 Å². The standard InChI is InChI=1S/C29H42N6O7/c1-7-39-24(37)18-41-23-15-21(9-10-22(23)40-14-13-36)33-27-25-20(16-30-26(25)31-19-32-27)17-34(5)11-8-12-35(6)28(38)42-29(2,3)4/h9-10,15-16,19,36H,7-8,11-14,17-18H2,1-6H3,(H2,30,31,32,33). The second kappa shape index (κ2) is 15.2. The molecule has 42 heavy (non-hydrogen) atoms. The molecule has 3 aromatic rings. The molecule has 0 saturated carbocycles. The summed E-state index contributed by atoms with van der Waals surface area (Å²) >= 11 is 0. The summed E-state index contributed by atoms with van der Waals surface area (Å²) in [6.45, 7) is 9.10. The number of hydrogen-bond donors (Lipinski definition) is 3. The van der Waals surface area contributed by atoms with Crippen LogP contribution in [0.25, 0.3) is 11.0 Å². The molecule has 0 aliphatic rings. The van der Waals surface area contributed by atoms with Gasteiger partial charge in [0.25, 0.3) is 0 Å². The molecule has 3 N–H and O–H groups in total. The maximum Gasteiger partial charge on any atom is 0.410 e. The van der Waals surface area contributed by atoms with E-state index in [0.717, 1.165) is 23.9 Å². The number of aromatic nitrogens is 3. The van der Waals surface area contributed by atoms with E-state index in [9.17, 15) is 9.59 Å². The molecule has 0 aliphatic heterocycles. The van der Waals surface area contributed by atoms with Gasteiger partial charge in [-0.2, -0.15) is 0 Å². The quantitative estimate of drug-likeness (QED) is 0.224. The fourth-order valence-corrected chi connectivity index (χ4v) is 4.07. The zero-order valence-corrected chi connectivity index (χ0v) is 25.2. The Morgan fingerprint density at radius 3 is 2.60 bits per heavy atom. The molecule has 13 nitrogen and oxygen atoms in total. The molecule has 0 bridgehead atoms. The summed E-state index contributed by atoms with van der Waals surface area (Å²) in [5, 5.41) is 13.3. The highest BCUT2D eigenvalue weighted by atomic mass is 16.6. The van der Waals surface area contributed by atoms with Crippen molar-refractivity contribution in [2.45, 2.75) is 46.3 Å². The first-order valence-electron chi connectivity index (χ1n) is 13.9. The SMILES string of the molecule is CCOC(=O)COc1cc(Nc2ncnc3[nH]cc(CN(C)CCCN(C)C(=O)OC(C)(C)C)c23)ccc1OCCO. The number of nitrogens with zero attached hydrogens (tertiary/aromatic N) is 4. The lowest BCUT2D eigenvalue weighted by Crippen LogP contribution is -2.35. The smallest absolute Gasteiger partial charge is 0.410 e. The predicted molar refractivity (Wildman–Crippen MR) is 158 cm³/mol. The number of nitrogens with one attached hydrogen (secondary N) is 2. The average molecular weight is 587 g/mol. The van der Waals surface area contributed by atoms with Gasteiger partial charge in [-0.05, 0) is 65.4 Å². The van der Waals surface area contributed by atoms with Crippen LogP contribution in [0.2, 0.25) is 0 Å². The summed E-state index contributed by atoms with van der Waals surface area (Å²) in [6.07, 6.45) is 3.82. The number of amides is 1. The third kappa shape index (κ3) is 9.77. The Labute approximate surface area is 246 Å². The van der Waals surface area contributed by atoms with Crippen LogP contribution in [0, 0.1) is 0 Å². The highest BCUT2D eigenvalue weighted by Crippen LogP contribution is 2.33. The van der Waals surface area contributed by atoms with Gasteiger partial charge in [0.2, 0.25) is 0 Å². The van der Waals surface area contributed by atoms with Gasteiger partial charge in [-0.3, -0.25) is 0 Å². The van der Waals surface area contributed by atoms with Crippen molar-refractivity contribution in [1.29, 1.82) is 0 Å². The molecule has 0 spiro atoms. The second-order valence-corrected chi connectivity index (χ2v) is 10.7. The molecule has 3 rings (SSSR count). The van der Waals surface area contributed by atoms with Crippen LogP contribution in [0.1, 0.15) is 39.7 Å². The van der Waals surface area contributed by atoms with Gasteiger partial charge in [-0.25, -0.2) is 19.6 Å². The van der Waals surface area contributed by atoms with Crippen molar-refractivity contribution in [2.24, 2.45) is 0 Å². The van der Waals surface area contributed by atoms with Gasteiger partial charge in [0, 0.05) is 38.1 Å². The van der Waals surface area contributed by atoms with E-state index in [1.807, 2.05) is 34.0 Å². The number of anilines is 2. The Balaban J connectivity index is 1.70. The maximum atomic E-state index is 12.2. The van der Waals surface area contributed by atoms with E-state index in [0.29, 0.717) is 41.7 Å². The van der Waals surface area contributed by atoms with E-state index in [4.69, 9.17) is 24.1 Å². The van der Waals surface area contributed by atoms with E-state index in [2.05, 4.69) is 25.2 Å². The molecule has 0 unspecified atom stereocenters.